The van der Waals surface area contributed by atoms with Gasteiger partial charge in [0.15, 0.2) is 5.78 Å². The lowest BCUT2D eigenvalue weighted by molar-refractivity contribution is -0.126. The third-order valence-corrected chi connectivity index (χ3v) is 7.72. The van der Waals surface area contributed by atoms with E-state index in [1.165, 1.54) is 11.1 Å². The molecule has 0 heterocycles. The van der Waals surface area contributed by atoms with Gasteiger partial charge < -0.3 is 0 Å². The zero-order valence-corrected chi connectivity index (χ0v) is 15.5. The number of ketones is 2. The van der Waals surface area contributed by atoms with Crippen LogP contribution in [0, 0.1) is 22.7 Å². The Labute approximate surface area is 148 Å². The molecule has 4 rings (SSSR count). The van der Waals surface area contributed by atoms with Crippen LogP contribution in [0.5, 0.6) is 0 Å². The highest BCUT2D eigenvalue weighted by Crippen LogP contribution is 2.61. The Kier molecular flexibility index (Phi) is 3.91. The molecule has 0 spiro atoms. The van der Waals surface area contributed by atoms with Gasteiger partial charge in [-0.3, -0.25) is 9.59 Å². The molecule has 0 N–H and O–H groups in total. The number of rotatable bonds is 3. The van der Waals surface area contributed by atoms with E-state index in [1.54, 1.807) is 0 Å². The van der Waals surface area contributed by atoms with Gasteiger partial charge in [-0.2, -0.15) is 11.8 Å². The van der Waals surface area contributed by atoms with Crippen LogP contribution < -0.4 is 0 Å². The lowest BCUT2D eigenvalue weighted by Crippen LogP contribution is -2.44. The molecule has 2 nitrogen and oxygen atoms in total. The zero-order valence-electron chi connectivity index (χ0n) is 14.6. The summed E-state index contributed by atoms with van der Waals surface area (Å²) in [5.74, 6) is 2.68. The Morgan fingerprint density at radius 1 is 1.29 bits per heavy atom. The van der Waals surface area contributed by atoms with Gasteiger partial charge in [0.1, 0.15) is 5.78 Å². The van der Waals surface area contributed by atoms with Crippen LogP contribution in [0.15, 0.2) is 35.5 Å². The predicted molar refractivity (Wildman–Crippen MR) is 98.9 cm³/mol. The number of fused-ring (bicyclic) bond motifs is 5. The molecule has 0 aromatic rings. The fourth-order valence-corrected chi connectivity index (χ4v) is 6.20. The average Bonchev–Trinajstić information content (AvgIpc) is 2.88. The van der Waals surface area contributed by atoms with Crippen LogP contribution in [-0.2, 0) is 9.59 Å². The number of carbonyl (C=O) groups excluding carboxylic acids is 2. The van der Waals surface area contributed by atoms with Crippen molar-refractivity contribution in [1.29, 1.82) is 0 Å². The summed E-state index contributed by atoms with van der Waals surface area (Å²) in [5, 5.41) is 0. The molecular formula is C21H26O2S. The number of allylic oxidation sites excluding steroid dienone is 6. The fourth-order valence-electron chi connectivity index (χ4n) is 5.65. The molecule has 0 unspecified atom stereocenters. The van der Waals surface area contributed by atoms with Gasteiger partial charge in [-0.25, -0.2) is 0 Å². The Morgan fingerprint density at radius 3 is 2.92 bits per heavy atom. The van der Waals surface area contributed by atoms with E-state index in [2.05, 4.69) is 31.4 Å². The van der Waals surface area contributed by atoms with Crippen molar-refractivity contribution in [3.63, 3.8) is 0 Å². The first-order valence-corrected chi connectivity index (χ1v) is 10.6. The molecule has 0 bridgehead atoms. The minimum atomic E-state index is -0.162. The molecule has 0 aromatic carbocycles. The molecule has 1 fully saturated rings. The summed E-state index contributed by atoms with van der Waals surface area (Å²) >= 11 is 1.89. The second-order valence-corrected chi connectivity index (χ2v) is 9.11. The summed E-state index contributed by atoms with van der Waals surface area (Å²) in [4.78, 5) is 24.5. The summed E-state index contributed by atoms with van der Waals surface area (Å²) in [5.41, 5.74) is 2.63. The van der Waals surface area contributed by atoms with E-state index in [0.29, 0.717) is 24.0 Å². The molecule has 0 amide bonds. The maximum absolute atomic E-state index is 12.5. The number of hydrogen-bond donors (Lipinski definition) is 0. The predicted octanol–water partition coefficient (Wildman–Crippen LogP) is 4.52. The van der Waals surface area contributed by atoms with Gasteiger partial charge in [-0.15, -0.1) is 0 Å². The van der Waals surface area contributed by atoms with E-state index >= 15 is 0 Å². The number of Topliss-reactive ketones (excluding diaryl/α,β-unsaturated/α-hetero) is 1. The van der Waals surface area contributed by atoms with E-state index in [9.17, 15) is 9.59 Å². The second-order valence-electron chi connectivity index (χ2n) is 8.13. The van der Waals surface area contributed by atoms with Crippen molar-refractivity contribution in [1.82, 2.24) is 0 Å². The molecule has 0 saturated heterocycles. The van der Waals surface area contributed by atoms with E-state index in [4.69, 9.17) is 0 Å². The third kappa shape index (κ3) is 2.16. The summed E-state index contributed by atoms with van der Waals surface area (Å²) in [6, 6.07) is 0. The van der Waals surface area contributed by atoms with Crippen LogP contribution in [-0.4, -0.2) is 23.6 Å². The third-order valence-electron chi connectivity index (χ3n) is 7.11. The summed E-state index contributed by atoms with van der Waals surface area (Å²) < 4.78 is 0. The van der Waals surface area contributed by atoms with E-state index in [1.807, 2.05) is 17.8 Å². The maximum atomic E-state index is 12.5. The van der Waals surface area contributed by atoms with Crippen molar-refractivity contribution in [2.75, 3.05) is 12.0 Å². The lowest BCUT2D eigenvalue weighted by atomic mass is 9.53. The monoisotopic (exact) mass is 342 g/mol. The Balaban J connectivity index is 1.81. The molecule has 4 atom stereocenters. The Hall–Kier alpha value is -1.09. The highest BCUT2D eigenvalue weighted by atomic mass is 32.2. The second kappa shape index (κ2) is 5.72. The van der Waals surface area contributed by atoms with Gasteiger partial charge in [-0.05, 0) is 55.3 Å². The molecule has 24 heavy (non-hydrogen) atoms. The molecule has 0 aliphatic heterocycles. The van der Waals surface area contributed by atoms with Crippen LogP contribution in [0.1, 0.15) is 45.4 Å². The van der Waals surface area contributed by atoms with Crippen molar-refractivity contribution in [3.8, 4) is 0 Å². The quantitative estimate of drug-likeness (QED) is 0.707. The van der Waals surface area contributed by atoms with Gasteiger partial charge in [-0.1, -0.05) is 30.7 Å². The minimum Gasteiger partial charge on any atom is -0.299 e. The van der Waals surface area contributed by atoms with E-state index < -0.39 is 0 Å². The summed E-state index contributed by atoms with van der Waals surface area (Å²) in [6.07, 6.45) is 16.3. The highest BCUT2D eigenvalue weighted by Gasteiger charge is 2.55. The molecular weight excluding hydrogens is 316 g/mol. The standard InChI is InChI=1S/C21H26O2S/c1-20-9-8-18-16(17(20)5-6-19(20)23)4-3-14-13-15(22)7-10-21(14,18)11-12-24-2/h3-4,8,13,16-17H,5-7,9-12H2,1-2H3/t16-,17-,20-,21+/m0/s1. The first kappa shape index (κ1) is 16.4. The van der Waals surface area contributed by atoms with Gasteiger partial charge in [0.25, 0.3) is 0 Å². The Morgan fingerprint density at radius 2 is 2.12 bits per heavy atom. The largest absolute Gasteiger partial charge is 0.299 e. The average molecular weight is 343 g/mol. The summed E-state index contributed by atoms with van der Waals surface area (Å²) in [6.45, 7) is 2.18. The van der Waals surface area contributed by atoms with E-state index in [0.717, 1.165) is 37.9 Å². The normalized spacial score (nSPS) is 40.6. The van der Waals surface area contributed by atoms with Gasteiger partial charge >= 0.3 is 0 Å². The first-order chi connectivity index (χ1) is 11.5. The summed E-state index contributed by atoms with van der Waals surface area (Å²) in [7, 11) is 0. The van der Waals surface area contributed by atoms with E-state index in [-0.39, 0.29) is 16.6 Å². The van der Waals surface area contributed by atoms with Crippen molar-refractivity contribution >= 4 is 23.3 Å². The number of hydrogen-bond acceptors (Lipinski definition) is 3. The van der Waals surface area contributed by atoms with Crippen molar-refractivity contribution in [3.05, 3.63) is 35.5 Å². The van der Waals surface area contributed by atoms with Gasteiger partial charge in [0, 0.05) is 29.6 Å². The molecule has 0 radical (unpaired) electrons. The van der Waals surface area contributed by atoms with Gasteiger partial charge in [0.2, 0.25) is 0 Å². The van der Waals surface area contributed by atoms with Crippen molar-refractivity contribution in [2.24, 2.45) is 22.7 Å². The topological polar surface area (TPSA) is 34.1 Å². The van der Waals surface area contributed by atoms with Gasteiger partial charge in [0.05, 0.1) is 0 Å². The Bertz CT molecular complexity index is 686. The molecule has 128 valence electrons. The van der Waals surface area contributed by atoms with Crippen LogP contribution >= 0.6 is 11.8 Å². The smallest absolute Gasteiger partial charge is 0.156 e. The maximum Gasteiger partial charge on any atom is 0.156 e. The van der Waals surface area contributed by atoms with Crippen LogP contribution in [0.3, 0.4) is 0 Å². The zero-order chi connectivity index (χ0) is 16.9. The minimum absolute atomic E-state index is 0.0449. The number of thioether (sulfide) groups is 1. The molecule has 0 aromatic heterocycles. The fraction of sp³-hybridized carbons (Fsp3) is 0.619. The highest BCUT2D eigenvalue weighted by molar-refractivity contribution is 7.98. The van der Waals surface area contributed by atoms with Crippen molar-refractivity contribution < 1.29 is 9.59 Å². The van der Waals surface area contributed by atoms with Crippen LogP contribution in [0.2, 0.25) is 0 Å². The molecule has 4 aliphatic carbocycles. The van der Waals surface area contributed by atoms with Crippen molar-refractivity contribution in [2.45, 2.75) is 45.4 Å². The lowest BCUT2D eigenvalue weighted by Gasteiger charge is -2.51. The van der Waals surface area contributed by atoms with Crippen LogP contribution in [0.25, 0.3) is 0 Å². The number of carbonyl (C=O) groups is 2. The first-order valence-electron chi connectivity index (χ1n) is 9.17. The SMILES string of the molecule is CSCC[C@]12CCC(=O)C=C1C=C[C@@H]1C2=CC[C@]2(C)C(=O)CC[C@@H]12. The molecule has 3 heteroatoms. The van der Waals surface area contributed by atoms with Crippen LogP contribution in [0.4, 0.5) is 0 Å². The molecule has 1 saturated carbocycles. The molecule has 4 aliphatic rings.